The van der Waals surface area contributed by atoms with Crippen molar-refractivity contribution < 1.29 is 22.3 Å². The van der Waals surface area contributed by atoms with Crippen molar-refractivity contribution in [3.8, 4) is 11.8 Å². The van der Waals surface area contributed by atoms with Crippen molar-refractivity contribution in [1.29, 1.82) is 5.26 Å². The molecule has 0 saturated carbocycles. The fraction of sp³-hybridized carbons (Fsp3) is 0.211. The van der Waals surface area contributed by atoms with E-state index in [0.717, 1.165) is 17.8 Å². The van der Waals surface area contributed by atoms with Crippen molar-refractivity contribution in [1.82, 2.24) is 0 Å². The highest BCUT2D eigenvalue weighted by Crippen LogP contribution is 2.44. The van der Waals surface area contributed by atoms with Gasteiger partial charge in [0.05, 0.1) is 18.4 Å². The number of methoxy groups -OCH3 is 1. The van der Waals surface area contributed by atoms with Crippen LogP contribution in [0, 0.1) is 17.1 Å². The molecule has 2 aromatic carbocycles. The minimum atomic E-state index is -4.59. The number of anilines is 1. The van der Waals surface area contributed by atoms with Crippen molar-refractivity contribution in [2.75, 3.05) is 24.3 Å². The Balaban J connectivity index is 2.01. The van der Waals surface area contributed by atoms with Crippen LogP contribution >= 0.6 is 23.5 Å². The van der Waals surface area contributed by atoms with Gasteiger partial charge in [0.1, 0.15) is 27.6 Å². The van der Waals surface area contributed by atoms with Crippen LogP contribution in [0.3, 0.4) is 0 Å². The summed E-state index contributed by atoms with van der Waals surface area (Å²) in [4.78, 5) is 1.75. The van der Waals surface area contributed by atoms with Crippen LogP contribution in [-0.4, -0.2) is 19.4 Å². The molecule has 0 N–H and O–H groups in total. The van der Waals surface area contributed by atoms with E-state index in [2.05, 4.69) is 0 Å². The molecule has 0 bridgehead atoms. The van der Waals surface area contributed by atoms with E-state index < -0.39 is 17.6 Å². The third-order valence-electron chi connectivity index (χ3n) is 3.94. The zero-order chi connectivity index (χ0) is 20.3. The number of ether oxygens (including phenoxy) is 1. The number of halogens is 4. The molecular formula is C19H14F4N2OS2. The zero-order valence-corrected chi connectivity index (χ0v) is 16.2. The van der Waals surface area contributed by atoms with E-state index in [1.54, 1.807) is 6.07 Å². The standard InChI is InChI=1S/C19H14F4N2OS2/c1-26-15-5-3-2-4-14(15)25-8-9-27-18(25)17(11-24)28-16-10-12(19(21,22)23)6-7-13(16)20/h2-7,10H,8-9H2,1H3/b18-17+. The lowest BCUT2D eigenvalue weighted by atomic mass is 10.2. The van der Waals surface area contributed by atoms with E-state index in [1.165, 1.54) is 18.9 Å². The summed E-state index contributed by atoms with van der Waals surface area (Å²) in [5, 5.41) is 10.2. The van der Waals surface area contributed by atoms with Crippen LogP contribution in [-0.2, 0) is 6.18 Å². The molecule has 1 heterocycles. The van der Waals surface area contributed by atoms with Gasteiger partial charge in [-0.3, -0.25) is 0 Å². The Bertz CT molecular complexity index is 954. The Hall–Kier alpha value is -2.31. The Labute approximate surface area is 168 Å². The quantitative estimate of drug-likeness (QED) is 0.346. The van der Waals surface area contributed by atoms with Gasteiger partial charge in [0.25, 0.3) is 0 Å². The van der Waals surface area contributed by atoms with Crippen molar-refractivity contribution >= 4 is 29.2 Å². The van der Waals surface area contributed by atoms with Crippen LogP contribution in [0.15, 0.2) is 57.3 Å². The second-order valence-corrected chi connectivity index (χ2v) is 7.80. The number of hydrogen-bond donors (Lipinski definition) is 0. The Morgan fingerprint density at radius 1 is 1.25 bits per heavy atom. The average Bonchev–Trinajstić information content (AvgIpc) is 3.15. The maximum atomic E-state index is 14.1. The molecule has 1 aliphatic heterocycles. The molecule has 1 fully saturated rings. The molecule has 0 unspecified atom stereocenters. The molecule has 9 heteroatoms. The summed E-state index contributed by atoms with van der Waals surface area (Å²) >= 11 is 2.09. The minimum absolute atomic E-state index is 0.131. The van der Waals surface area contributed by atoms with Crippen LogP contribution in [0.5, 0.6) is 5.75 Å². The average molecular weight is 426 g/mol. The highest BCUT2D eigenvalue weighted by atomic mass is 32.2. The molecule has 0 spiro atoms. The molecule has 146 valence electrons. The van der Waals surface area contributed by atoms with Crippen LogP contribution in [0.25, 0.3) is 0 Å². The van der Waals surface area contributed by atoms with Gasteiger partial charge in [0, 0.05) is 17.2 Å². The van der Waals surface area contributed by atoms with Crippen LogP contribution in [0.1, 0.15) is 5.56 Å². The Morgan fingerprint density at radius 3 is 2.68 bits per heavy atom. The number of para-hydroxylation sites is 2. The summed E-state index contributed by atoms with van der Waals surface area (Å²) in [5.41, 5.74) is -0.220. The lowest BCUT2D eigenvalue weighted by Crippen LogP contribution is -2.18. The van der Waals surface area contributed by atoms with Gasteiger partial charge in [-0.25, -0.2) is 4.39 Å². The molecule has 28 heavy (non-hydrogen) atoms. The highest BCUT2D eigenvalue weighted by Gasteiger charge is 2.32. The summed E-state index contributed by atoms with van der Waals surface area (Å²) < 4.78 is 58.3. The molecule has 2 aromatic rings. The molecule has 0 radical (unpaired) electrons. The predicted molar refractivity (Wildman–Crippen MR) is 103 cm³/mol. The monoisotopic (exact) mass is 426 g/mol. The molecule has 0 atom stereocenters. The smallest absolute Gasteiger partial charge is 0.416 e. The number of nitrogens with zero attached hydrogens (tertiary/aromatic N) is 2. The van der Waals surface area contributed by atoms with Gasteiger partial charge in [0.2, 0.25) is 0 Å². The molecular weight excluding hydrogens is 412 g/mol. The molecule has 1 aliphatic rings. The lowest BCUT2D eigenvalue weighted by molar-refractivity contribution is -0.137. The van der Waals surface area contributed by atoms with Gasteiger partial charge in [-0.2, -0.15) is 18.4 Å². The highest BCUT2D eigenvalue weighted by molar-refractivity contribution is 8.07. The van der Waals surface area contributed by atoms with E-state index in [4.69, 9.17) is 4.74 Å². The van der Waals surface area contributed by atoms with Crippen molar-refractivity contribution in [2.45, 2.75) is 11.1 Å². The second kappa shape index (κ2) is 8.37. The van der Waals surface area contributed by atoms with E-state index in [-0.39, 0.29) is 9.80 Å². The first-order chi connectivity index (χ1) is 13.3. The van der Waals surface area contributed by atoms with E-state index in [0.29, 0.717) is 40.9 Å². The fourth-order valence-electron chi connectivity index (χ4n) is 2.67. The first-order valence-electron chi connectivity index (χ1n) is 8.07. The molecule has 3 rings (SSSR count). The summed E-state index contributed by atoms with van der Waals surface area (Å²) in [6, 6.07) is 11.4. The number of alkyl halides is 3. The van der Waals surface area contributed by atoms with E-state index in [1.807, 2.05) is 29.2 Å². The fourth-order valence-corrected chi connectivity index (χ4v) is 4.77. The molecule has 0 aromatic heterocycles. The van der Waals surface area contributed by atoms with Gasteiger partial charge < -0.3 is 9.64 Å². The van der Waals surface area contributed by atoms with Crippen molar-refractivity contribution in [2.24, 2.45) is 0 Å². The lowest BCUT2D eigenvalue weighted by Gasteiger charge is -2.22. The Kier molecular flexibility index (Phi) is 6.10. The molecule has 3 nitrogen and oxygen atoms in total. The maximum Gasteiger partial charge on any atom is 0.416 e. The maximum absolute atomic E-state index is 14.1. The first kappa shape index (κ1) is 20.4. The number of allylic oxidation sites excluding steroid dienone is 1. The largest absolute Gasteiger partial charge is 0.495 e. The summed E-state index contributed by atoms with van der Waals surface area (Å²) in [6.07, 6.45) is -4.59. The summed E-state index contributed by atoms with van der Waals surface area (Å²) in [7, 11) is 1.53. The first-order valence-corrected chi connectivity index (χ1v) is 9.87. The summed E-state index contributed by atoms with van der Waals surface area (Å²) in [5.74, 6) is 0.484. The van der Waals surface area contributed by atoms with Crippen LogP contribution in [0.4, 0.5) is 23.2 Å². The number of thioether (sulfide) groups is 2. The Morgan fingerprint density at radius 2 is 2.00 bits per heavy atom. The number of benzene rings is 2. The van der Waals surface area contributed by atoms with Gasteiger partial charge in [0.15, 0.2) is 0 Å². The number of nitriles is 1. The van der Waals surface area contributed by atoms with Gasteiger partial charge >= 0.3 is 6.18 Å². The van der Waals surface area contributed by atoms with Gasteiger partial charge in [-0.05, 0) is 30.3 Å². The minimum Gasteiger partial charge on any atom is -0.495 e. The van der Waals surface area contributed by atoms with Crippen LogP contribution in [0.2, 0.25) is 0 Å². The zero-order valence-electron chi connectivity index (χ0n) is 14.6. The van der Waals surface area contributed by atoms with Crippen molar-refractivity contribution in [3.63, 3.8) is 0 Å². The number of hydrogen-bond acceptors (Lipinski definition) is 5. The van der Waals surface area contributed by atoms with Crippen molar-refractivity contribution in [3.05, 3.63) is 63.8 Å². The third kappa shape index (κ3) is 4.23. The van der Waals surface area contributed by atoms with Gasteiger partial charge in [-0.15, -0.1) is 11.8 Å². The predicted octanol–water partition coefficient (Wildman–Crippen LogP) is 5.89. The molecule has 1 saturated heterocycles. The molecule has 0 aliphatic carbocycles. The van der Waals surface area contributed by atoms with E-state index >= 15 is 0 Å². The SMILES string of the molecule is COc1ccccc1N1CCS/C1=C(\C#N)Sc1cc(C(F)(F)F)ccc1F. The third-order valence-corrected chi connectivity index (χ3v) is 6.18. The second-order valence-electron chi connectivity index (χ2n) is 5.66. The number of rotatable bonds is 4. The normalized spacial score (nSPS) is 16.1. The van der Waals surface area contributed by atoms with Gasteiger partial charge in [-0.1, -0.05) is 23.9 Å². The van der Waals surface area contributed by atoms with Crippen LogP contribution < -0.4 is 9.64 Å². The van der Waals surface area contributed by atoms with E-state index in [9.17, 15) is 22.8 Å². The molecule has 0 amide bonds. The summed E-state index contributed by atoms with van der Waals surface area (Å²) in [6.45, 7) is 0.594. The topological polar surface area (TPSA) is 36.3 Å².